The average Bonchev–Trinajstić information content (AvgIpc) is 2.06. The molecule has 0 aromatic rings. The van der Waals surface area contributed by atoms with E-state index in [0.717, 1.165) is 11.8 Å². The molecule has 0 spiro atoms. The van der Waals surface area contributed by atoms with Gasteiger partial charge in [-0.2, -0.15) is 0 Å². The summed E-state index contributed by atoms with van der Waals surface area (Å²) in [5.41, 5.74) is 0. The molecular weight excluding hydrogens is 144 g/mol. The summed E-state index contributed by atoms with van der Waals surface area (Å²) in [7, 11) is 0. The molecule has 0 bridgehead atoms. The first-order valence-corrected chi connectivity index (χ1v) is 5.38. The summed E-state index contributed by atoms with van der Waals surface area (Å²) < 4.78 is 0. The molecule has 1 aliphatic rings. The van der Waals surface area contributed by atoms with Crippen molar-refractivity contribution in [1.29, 1.82) is 0 Å². The molecule has 0 amide bonds. The van der Waals surface area contributed by atoms with E-state index >= 15 is 0 Å². The zero-order valence-corrected chi connectivity index (χ0v) is 8.10. The highest BCUT2D eigenvalue weighted by atomic mass is 14.3. The summed E-state index contributed by atoms with van der Waals surface area (Å²) in [5, 5.41) is 0. The van der Waals surface area contributed by atoms with Crippen LogP contribution in [0.4, 0.5) is 0 Å². The molecule has 1 aliphatic carbocycles. The molecule has 1 saturated carbocycles. The van der Waals surface area contributed by atoms with Gasteiger partial charge in [-0.3, -0.25) is 0 Å². The Bertz CT molecular complexity index is 94.2. The van der Waals surface area contributed by atoms with Crippen LogP contribution in [0.1, 0.15) is 66.2 Å². The Morgan fingerprint density at radius 2 is 1.58 bits per heavy atom. The van der Waals surface area contributed by atoms with Gasteiger partial charge in [-0.1, -0.05) is 66.2 Å². The molecule has 0 heterocycles. The van der Waals surface area contributed by atoms with Crippen molar-refractivity contribution < 1.29 is 0 Å². The van der Waals surface area contributed by atoms with Gasteiger partial charge in [-0.15, -0.1) is 0 Å². The summed E-state index contributed by atoms with van der Waals surface area (Å²) in [6.07, 6.45) is 10.3. The first-order valence-electron chi connectivity index (χ1n) is 5.38. The number of hydrogen-bond donors (Lipinski definition) is 0. The van der Waals surface area contributed by atoms with Crippen molar-refractivity contribution in [3.8, 4) is 0 Å². The van der Waals surface area contributed by atoms with Gasteiger partial charge in [0.25, 0.3) is 0 Å². The zero-order valence-electron chi connectivity index (χ0n) is 8.10. The number of hydrogen-bond acceptors (Lipinski definition) is 0. The van der Waals surface area contributed by atoms with Crippen LogP contribution in [0.3, 0.4) is 0 Å². The van der Waals surface area contributed by atoms with Gasteiger partial charge < -0.3 is 0 Å². The summed E-state index contributed by atoms with van der Waals surface area (Å²) in [5.74, 6) is 2.16. The Labute approximate surface area is 78.8 Å². The van der Waals surface area contributed by atoms with Crippen LogP contribution >= 0.6 is 0 Å². The molecule has 1 rings (SSSR count). The second kappa shape index (κ2) is 6.51. The van der Waals surface area contributed by atoms with E-state index < -0.39 is 0 Å². The third kappa shape index (κ3) is 3.16. The maximum Gasteiger partial charge on any atom is -0.0386 e. The predicted octanol–water partition coefficient (Wildman–Crippen LogP) is 4.64. The fraction of sp³-hybridized carbons (Fsp3) is 1.00. The van der Waals surface area contributed by atoms with E-state index in [1.165, 1.54) is 44.9 Å². The van der Waals surface area contributed by atoms with Crippen molar-refractivity contribution >= 4 is 0 Å². The Hall–Kier alpha value is 0. The first-order chi connectivity index (χ1) is 5.38. The highest BCUT2D eigenvalue weighted by Gasteiger charge is 2.22. The van der Waals surface area contributed by atoms with Gasteiger partial charge in [0.1, 0.15) is 0 Å². The van der Waals surface area contributed by atoms with Crippen molar-refractivity contribution in [1.82, 2.24) is 0 Å². The summed E-state index contributed by atoms with van der Waals surface area (Å²) >= 11 is 0. The van der Waals surface area contributed by atoms with Gasteiger partial charge >= 0.3 is 0 Å². The van der Waals surface area contributed by atoms with Crippen LogP contribution in [0.5, 0.6) is 0 Å². The molecule has 74 valence electrons. The average molecular weight is 170 g/mol. The smallest absolute Gasteiger partial charge is 0.0386 e. The normalized spacial score (nSPS) is 29.5. The SMILES string of the molecule is C.CCCC1CCCCC1CC. The largest absolute Gasteiger partial charge is 0.0776 e. The lowest BCUT2D eigenvalue weighted by Crippen LogP contribution is -2.18. The Morgan fingerprint density at radius 1 is 1.00 bits per heavy atom. The maximum absolute atomic E-state index is 2.36. The van der Waals surface area contributed by atoms with Crippen LogP contribution in [0.2, 0.25) is 0 Å². The van der Waals surface area contributed by atoms with Gasteiger partial charge in [0.05, 0.1) is 0 Å². The van der Waals surface area contributed by atoms with Crippen molar-refractivity contribution in [3.63, 3.8) is 0 Å². The van der Waals surface area contributed by atoms with Gasteiger partial charge in [0.2, 0.25) is 0 Å². The second-order valence-corrected chi connectivity index (χ2v) is 4.00. The highest BCUT2D eigenvalue weighted by molar-refractivity contribution is 4.73. The van der Waals surface area contributed by atoms with Crippen LogP contribution < -0.4 is 0 Å². The molecule has 0 saturated heterocycles. The van der Waals surface area contributed by atoms with Gasteiger partial charge in [-0.05, 0) is 11.8 Å². The topological polar surface area (TPSA) is 0 Å². The molecule has 0 aromatic heterocycles. The van der Waals surface area contributed by atoms with Crippen LogP contribution in [0.15, 0.2) is 0 Å². The lowest BCUT2D eigenvalue weighted by molar-refractivity contribution is 0.216. The monoisotopic (exact) mass is 170 g/mol. The third-order valence-electron chi connectivity index (χ3n) is 3.25. The molecule has 0 nitrogen and oxygen atoms in total. The van der Waals surface area contributed by atoms with E-state index in [1.807, 2.05) is 0 Å². The minimum Gasteiger partial charge on any atom is -0.0776 e. The quantitative estimate of drug-likeness (QED) is 0.579. The van der Waals surface area contributed by atoms with E-state index in [9.17, 15) is 0 Å². The Balaban J connectivity index is 0.00000121. The van der Waals surface area contributed by atoms with Gasteiger partial charge in [-0.25, -0.2) is 0 Å². The minimum absolute atomic E-state index is 0. The van der Waals surface area contributed by atoms with E-state index in [1.54, 1.807) is 0 Å². The van der Waals surface area contributed by atoms with Crippen molar-refractivity contribution in [2.24, 2.45) is 11.8 Å². The van der Waals surface area contributed by atoms with E-state index in [-0.39, 0.29) is 7.43 Å². The Kier molecular flexibility index (Phi) is 6.51. The maximum atomic E-state index is 2.36. The molecule has 12 heavy (non-hydrogen) atoms. The van der Waals surface area contributed by atoms with E-state index in [2.05, 4.69) is 13.8 Å². The molecule has 0 aliphatic heterocycles. The summed E-state index contributed by atoms with van der Waals surface area (Å²) in [4.78, 5) is 0. The molecule has 0 heteroatoms. The van der Waals surface area contributed by atoms with Gasteiger partial charge in [0.15, 0.2) is 0 Å². The van der Waals surface area contributed by atoms with Crippen LogP contribution in [-0.4, -0.2) is 0 Å². The van der Waals surface area contributed by atoms with E-state index in [0.29, 0.717) is 0 Å². The van der Waals surface area contributed by atoms with Crippen molar-refractivity contribution in [3.05, 3.63) is 0 Å². The predicted molar refractivity (Wildman–Crippen MR) is 57.4 cm³/mol. The fourth-order valence-electron chi connectivity index (χ4n) is 2.57. The van der Waals surface area contributed by atoms with Crippen molar-refractivity contribution in [2.75, 3.05) is 0 Å². The number of rotatable bonds is 3. The zero-order chi connectivity index (χ0) is 8.10. The lowest BCUT2D eigenvalue weighted by atomic mass is 9.76. The fourth-order valence-corrected chi connectivity index (χ4v) is 2.57. The summed E-state index contributed by atoms with van der Waals surface area (Å²) in [6.45, 7) is 4.68. The molecule has 0 aromatic carbocycles. The van der Waals surface area contributed by atoms with Gasteiger partial charge in [0, 0.05) is 0 Å². The van der Waals surface area contributed by atoms with Crippen LogP contribution in [0.25, 0.3) is 0 Å². The lowest BCUT2D eigenvalue weighted by Gasteiger charge is -2.30. The Morgan fingerprint density at radius 3 is 2.08 bits per heavy atom. The highest BCUT2D eigenvalue weighted by Crippen LogP contribution is 2.34. The molecule has 2 atom stereocenters. The molecule has 0 N–H and O–H groups in total. The standard InChI is InChI=1S/C11H22.CH4/c1-3-7-11-9-6-5-8-10(11)4-2;/h10-11H,3-9H2,1-2H3;1H4. The molecule has 2 unspecified atom stereocenters. The minimum atomic E-state index is 0. The summed E-state index contributed by atoms with van der Waals surface area (Å²) in [6, 6.07) is 0. The van der Waals surface area contributed by atoms with Crippen molar-refractivity contribution in [2.45, 2.75) is 66.2 Å². The van der Waals surface area contributed by atoms with E-state index in [4.69, 9.17) is 0 Å². The first kappa shape index (κ1) is 12.0. The molecular formula is C12H26. The van der Waals surface area contributed by atoms with Crippen LogP contribution in [0, 0.1) is 11.8 Å². The second-order valence-electron chi connectivity index (χ2n) is 4.00. The third-order valence-corrected chi connectivity index (χ3v) is 3.25. The van der Waals surface area contributed by atoms with Crippen LogP contribution in [-0.2, 0) is 0 Å². The molecule has 0 radical (unpaired) electrons. The molecule has 1 fully saturated rings.